The van der Waals surface area contributed by atoms with E-state index < -0.39 is 9.15 Å². The molecule has 0 radical (unpaired) electrons. The third-order valence-electron chi connectivity index (χ3n) is 5.40. The highest BCUT2D eigenvalue weighted by atomic mass is 33.1. The molecule has 0 aromatic rings. The van der Waals surface area contributed by atoms with Gasteiger partial charge in [0.2, 0.25) is 0 Å². The molecule has 4 bridgehead atoms. The van der Waals surface area contributed by atoms with Crippen molar-refractivity contribution in [3.63, 3.8) is 0 Å². The third kappa shape index (κ3) is 3.70. The Kier molecular flexibility index (Phi) is 4.37. The molecule has 0 saturated heterocycles. The summed E-state index contributed by atoms with van der Waals surface area (Å²) in [5.41, 5.74) is 0.547. The van der Waals surface area contributed by atoms with Crippen molar-refractivity contribution in [2.24, 2.45) is 23.2 Å². The molecule has 0 aromatic carbocycles. The first-order valence-corrected chi connectivity index (χ1v) is 10.7. The minimum absolute atomic E-state index is 0.465. The lowest BCUT2D eigenvalue weighted by molar-refractivity contribution is -0.0511. The average Bonchev–Trinajstić information content (AvgIpc) is 2.30. The smallest absolute Gasteiger partial charge is 0.316 e. The van der Waals surface area contributed by atoms with Crippen molar-refractivity contribution in [3.8, 4) is 0 Å². The van der Waals surface area contributed by atoms with Gasteiger partial charge in [0.25, 0.3) is 0 Å². The van der Waals surface area contributed by atoms with E-state index in [1.165, 1.54) is 38.5 Å². The minimum atomic E-state index is -3.86. The molecule has 0 aromatic heterocycles. The molecule has 4 aliphatic rings. The zero-order chi connectivity index (χ0) is 14.2. The van der Waals surface area contributed by atoms with Crippen molar-refractivity contribution >= 4 is 19.9 Å². The van der Waals surface area contributed by atoms with E-state index in [9.17, 15) is 8.42 Å². The van der Waals surface area contributed by atoms with Crippen molar-refractivity contribution in [1.82, 2.24) is 5.32 Å². The van der Waals surface area contributed by atoms with Crippen LogP contribution in [0.3, 0.4) is 0 Å². The van der Waals surface area contributed by atoms with Crippen LogP contribution in [0.4, 0.5) is 0 Å². The highest BCUT2D eigenvalue weighted by Crippen LogP contribution is 2.59. The zero-order valence-electron chi connectivity index (χ0n) is 11.9. The summed E-state index contributed by atoms with van der Waals surface area (Å²) in [6.07, 6.45) is 9.44. The Labute approximate surface area is 125 Å². The number of hydrogen-bond donors (Lipinski definition) is 2. The van der Waals surface area contributed by atoms with Crippen LogP contribution in [0.2, 0.25) is 0 Å². The first kappa shape index (κ1) is 15.1. The second-order valence-electron chi connectivity index (χ2n) is 7.20. The SMILES string of the molecule is O=S(=O)(O)SCCCNCC12CC3CC(CC(C3)C1)C2. The summed E-state index contributed by atoms with van der Waals surface area (Å²) in [7, 11) is -3.23. The van der Waals surface area contributed by atoms with Gasteiger partial charge in [-0.1, -0.05) is 0 Å². The maximum absolute atomic E-state index is 10.6. The summed E-state index contributed by atoms with van der Waals surface area (Å²) in [6.45, 7) is 1.96. The van der Waals surface area contributed by atoms with Gasteiger partial charge in [0.1, 0.15) is 0 Å². The van der Waals surface area contributed by atoms with E-state index in [0.717, 1.165) is 37.3 Å². The lowest BCUT2D eigenvalue weighted by Crippen LogP contribution is -2.50. The summed E-state index contributed by atoms with van der Waals surface area (Å²) >= 11 is 0. The molecule has 0 unspecified atom stereocenters. The maximum Gasteiger partial charge on any atom is 0.319 e. The van der Waals surface area contributed by atoms with Crippen molar-refractivity contribution in [2.75, 3.05) is 18.8 Å². The van der Waals surface area contributed by atoms with E-state index >= 15 is 0 Å². The van der Waals surface area contributed by atoms with Gasteiger partial charge in [-0.25, -0.2) is 0 Å². The van der Waals surface area contributed by atoms with Crippen LogP contribution in [0.15, 0.2) is 0 Å². The van der Waals surface area contributed by atoms with Gasteiger partial charge < -0.3 is 5.32 Å². The van der Waals surface area contributed by atoms with Crippen LogP contribution in [-0.2, 0) is 9.15 Å². The average molecular weight is 319 g/mol. The van der Waals surface area contributed by atoms with Gasteiger partial charge >= 0.3 is 9.15 Å². The molecule has 6 heteroatoms. The quantitative estimate of drug-likeness (QED) is 0.429. The second-order valence-corrected chi connectivity index (χ2v) is 10.7. The Morgan fingerprint density at radius 1 is 1.10 bits per heavy atom. The fourth-order valence-corrected chi connectivity index (χ4v) is 6.68. The van der Waals surface area contributed by atoms with Gasteiger partial charge in [0.05, 0.1) is 0 Å². The van der Waals surface area contributed by atoms with Crippen LogP contribution < -0.4 is 5.32 Å². The summed E-state index contributed by atoms with van der Waals surface area (Å²) in [4.78, 5) is 0. The molecular weight excluding hydrogens is 294 g/mol. The van der Waals surface area contributed by atoms with Crippen LogP contribution in [-0.4, -0.2) is 31.8 Å². The Bertz CT molecular complexity index is 414. The molecule has 2 N–H and O–H groups in total. The molecule has 0 aliphatic heterocycles. The number of hydrogen-bond acceptors (Lipinski definition) is 4. The molecule has 4 fully saturated rings. The van der Waals surface area contributed by atoms with Crippen LogP contribution in [0, 0.1) is 23.2 Å². The fourth-order valence-electron chi connectivity index (χ4n) is 5.22. The summed E-state index contributed by atoms with van der Waals surface area (Å²) < 4.78 is 29.8. The lowest BCUT2D eigenvalue weighted by Gasteiger charge is -2.57. The Morgan fingerprint density at radius 2 is 1.65 bits per heavy atom. The van der Waals surface area contributed by atoms with E-state index in [0.29, 0.717) is 22.0 Å². The van der Waals surface area contributed by atoms with Gasteiger partial charge in [0.15, 0.2) is 0 Å². The molecule has 4 rings (SSSR count). The second kappa shape index (κ2) is 5.78. The van der Waals surface area contributed by atoms with E-state index in [1.54, 1.807) is 0 Å². The fraction of sp³-hybridized carbons (Fsp3) is 1.00. The molecule has 0 amide bonds. The first-order valence-electron chi connectivity index (χ1n) is 7.77. The molecule has 4 saturated carbocycles. The van der Waals surface area contributed by atoms with E-state index in [1.807, 2.05) is 0 Å². The van der Waals surface area contributed by atoms with Gasteiger partial charge in [-0.15, -0.1) is 0 Å². The monoisotopic (exact) mass is 319 g/mol. The van der Waals surface area contributed by atoms with Crippen molar-refractivity contribution < 1.29 is 13.0 Å². The molecule has 0 heterocycles. The van der Waals surface area contributed by atoms with Crippen LogP contribution in [0.25, 0.3) is 0 Å². The van der Waals surface area contributed by atoms with Gasteiger partial charge in [-0.2, -0.15) is 8.42 Å². The van der Waals surface area contributed by atoms with E-state index in [4.69, 9.17) is 4.55 Å². The molecule has 0 atom stereocenters. The summed E-state index contributed by atoms with van der Waals surface area (Å²) in [5, 5.41) is 3.54. The molecule has 4 nitrogen and oxygen atoms in total. The van der Waals surface area contributed by atoms with Crippen molar-refractivity contribution in [1.29, 1.82) is 0 Å². The predicted octanol–water partition coefficient (Wildman–Crippen LogP) is 2.72. The first-order chi connectivity index (χ1) is 9.44. The van der Waals surface area contributed by atoms with Crippen molar-refractivity contribution in [3.05, 3.63) is 0 Å². The van der Waals surface area contributed by atoms with Gasteiger partial charge in [0, 0.05) is 12.3 Å². The summed E-state index contributed by atoms with van der Waals surface area (Å²) in [6, 6.07) is 0. The van der Waals surface area contributed by atoms with Crippen LogP contribution in [0.5, 0.6) is 0 Å². The van der Waals surface area contributed by atoms with Crippen LogP contribution >= 0.6 is 10.8 Å². The Hall–Kier alpha value is 0.220. The summed E-state index contributed by atoms with van der Waals surface area (Å²) in [5.74, 6) is 3.42. The van der Waals surface area contributed by atoms with Crippen LogP contribution in [0.1, 0.15) is 44.9 Å². The molecule has 0 spiro atoms. The predicted molar refractivity (Wildman–Crippen MR) is 82.1 cm³/mol. The molecule has 20 heavy (non-hydrogen) atoms. The highest BCUT2D eigenvalue weighted by Gasteiger charge is 2.50. The van der Waals surface area contributed by atoms with Gasteiger partial charge in [-0.05, 0) is 85.5 Å². The molecule has 116 valence electrons. The number of rotatable bonds is 7. The standard InChI is InChI=1S/C14H25NO3S2/c16-20(17,18)19-3-1-2-15-10-14-7-11-4-12(8-14)6-13(5-11)9-14/h11-13,15H,1-10H2,(H,16,17,18). The van der Waals surface area contributed by atoms with E-state index in [-0.39, 0.29) is 0 Å². The lowest BCUT2D eigenvalue weighted by atomic mass is 9.49. The number of nitrogens with one attached hydrogen (secondary N) is 1. The zero-order valence-corrected chi connectivity index (χ0v) is 13.5. The Balaban J connectivity index is 1.38. The normalized spacial score (nSPS) is 39.4. The maximum atomic E-state index is 10.6. The van der Waals surface area contributed by atoms with Gasteiger partial charge in [-0.3, -0.25) is 4.55 Å². The molecule has 4 aliphatic carbocycles. The molecular formula is C14H25NO3S2. The highest BCUT2D eigenvalue weighted by molar-refractivity contribution is 8.69. The Morgan fingerprint density at radius 3 is 2.15 bits per heavy atom. The topological polar surface area (TPSA) is 66.4 Å². The third-order valence-corrected chi connectivity index (χ3v) is 7.54. The largest absolute Gasteiger partial charge is 0.319 e. The minimum Gasteiger partial charge on any atom is -0.316 e. The van der Waals surface area contributed by atoms with Crippen molar-refractivity contribution in [2.45, 2.75) is 44.9 Å². The van der Waals surface area contributed by atoms with E-state index in [2.05, 4.69) is 5.32 Å².